The SMILES string of the molecule is CCOC(=O)/C=C/C[C@H](NC(=O)CC1CCCC1)C(N)=O. The fraction of sp³-hybridized carbons (Fsp3) is 0.667. The van der Waals surface area contributed by atoms with Gasteiger partial charge in [0.15, 0.2) is 0 Å². The molecule has 1 atom stereocenters. The molecule has 6 heteroatoms. The number of primary amides is 1. The van der Waals surface area contributed by atoms with E-state index in [1.54, 1.807) is 6.92 Å². The van der Waals surface area contributed by atoms with Gasteiger partial charge in [-0.15, -0.1) is 0 Å². The highest BCUT2D eigenvalue weighted by Crippen LogP contribution is 2.27. The Morgan fingerprint density at radius 3 is 2.57 bits per heavy atom. The van der Waals surface area contributed by atoms with Crippen LogP contribution in [-0.4, -0.2) is 30.4 Å². The van der Waals surface area contributed by atoms with E-state index in [0.717, 1.165) is 12.8 Å². The van der Waals surface area contributed by atoms with Gasteiger partial charge < -0.3 is 15.8 Å². The quantitative estimate of drug-likeness (QED) is 0.516. The normalized spacial score (nSPS) is 16.8. The number of hydrogen-bond donors (Lipinski definition) is 2. The summed E-state index contributed by atoms with van der Waals surface area (Å²) in [4.78, 5) is 34.3. The van der Waals surface area contributed by atoms with Gasteiger partial charge in [-0.1, -0.05) is 18.9 Å². The van der Waals surface area contributed by atoms with E-state index in [1.807, 2.05) is 0 Å². The molecule has 3 N–H and O–H groups in total. The van der Waals surface area contributed by atoms with Crippen molar-refractivity contribution in [1.29, 1.82) is 0 Å². The van der Waals surface area contributed by atoms with E-state index in [1.165, 1.54) is 25.0 Å². The summed E-state index contributed by atoms with van der Waals surface area (Å²) >= 11 is 0. The molecule has 1 aliphatic carbocycles. The Hall–Kier alpha value is -1.85. The highest BCUT2D eigenvalue weighted by molar-refractivity contribution is 5.87. The first kappa shape index (κ1) is 17.2. The minimum absolute atomic E-state index is 0.157. The molecule has 1 rings (SSSR count). The topological polar surface area (TPSA) is 98.5 Å². The number of nitrogens with two attached hydrogens (primary N) is 1. The summed E-state index contributed by atoms with van der Waals surface area (Å²) in [5.41, 5.74) is 5.26. The maximum Gasteiger partial charge on any atom is 0.330 e. The third kappa shape index (κ3) is 6.92. The van der Waals surface area contributed by atoms with Gasteiger partial charge in [0, 0.05) is 12.5 Å². The summed E-state index contributed by atoms with van der Waals surface area (Å²) < 4.78 is 4.72. The van der Waals surface area contributed by atoms with E-state index in [0.29, 0.717) is 18.9 Å². The Balaban J connectivity index is 2.39. The Kier molecular flexibility index (Phi) is 7.50. The molecule has 0 spiro atoms. The van der Waals surface area contributed by atoms with Crippen LogP contribution in [0.1, 0.15) is 45.4 Å². The van der Waals surface area contributed by atoms with Crippen molar-refractivity contribution in [3.63, 3.8) is 0 Å². The first-order valence-corrected chi connectivity index (χ1v) is 7.45. The smallest absolute Gasteiger partial charge is 0.330 e. The van der Waals surface area contributed by atoms with Crippen molar-refractivity contribution in [2.24, 2.45) is 11.7 Å². The van der Waals surface area contributed by atoms with Crippen LogP contribution in [0.2, 0.25) is 0 Å². The van der Waals surface area contributed by atoms with E-state index in [-0.39, 0.29) is 12.3 Å². The zero-order valence-corrected chi connectivity index (χ0v) is 12.5. The fourth-order valence-corrected chi connectivity index (χ4v) is 2.47. The number of rotatable bonds is 8. The number of carbonyl (C=O) groups is 3. The van der Waals surface area contributed by atoms with Gasteiger partial charge in [-0.25, -0.2) is 4.79 Å². The highest BCUT2D eigenvalue weighted by atomic mass is 16.5. The van der Waals surface area contributed by atoms with Gasteiger partial charge in [-0.3, -0.25) is 9.59 Å². The van der Waals surface area contributed by atoms with Gasteiger partial charge >= 0.3 is 5.97 Å². The zero-order chi connectivity index (χ0) is 15.7. The first-order chi connectivity index (χ1) is 10.0. The Bertz CT molecular complexity index is 400. The lowest BCUT2D eigenvalue weighted by Gasteiger charge is -2.15. The summed E-state index contributed by atoms with van der Waals surface area (Å²) in [6, 6.07) is -0.787. The predicted molar refractivity (Wildman–Crippen MR) is 78.1 cm³/mol. The van der Waals surface area contributed by atoms with Crippen molar-refractivity contribution >= 4 is 17.8 Å². The molecule has 118 valence electrons. The van der Waals surface area contributed by atoms with Crippen LogP contribution in [0, 0.1) is 5.92 Å². The fourth-order valence-electron chi connectivity index (χ4n) is 2.47. The van der Waals surface area contributed by atoms with Crippen LogP contribution in [0.3, 0.4) is 0 Å². The Labute approximate surface area is 125 Å². The summed E-state index contributed by atoms with van der Waals surface area (Å²) in [5.74, 6) is -0.829. The molecule has 1 fully saturated rings. The zero-order valence-electron chi connectivity index (χ0n) is 12.5. The van der Waals surface area contributed by atoms with Crippen molar-refractivity contribution in [2.75, 3.05) is 6.61 Å². The van der Waals surface area contributed by atoms with Crippen LogP contribution in [0.4, 0.5) is 0 Å². The largest absolute Gasteiger partial charge is 0.463 e. The van der Waals surface area contributed by atoms with Gasteiger partial charge in [0.1, 0.15) is 6.04 Å². The molecule has 0 bridgehead atoms. The maximum absolute atomic E-state index is 11.9. The van der Waals surface area contributed by atoms with Crippen LogP contribution in [0.25, 0.3) is 0 Å². The molecule has 0 saturated heterocycles. The first-order valence-electron chi connectivity index (χ1n) is 7.45. The second-order valence-electron chi connectivity index (χ2n) is 5.27. The van der Waals surface area contributed by atoms with E-state index in [4.69, 9.17) is 10.5 Å². The summed E-state index contributed by atoms with van der Waals surface area (Å²) in [6.45, 7) is 2.00. The Morgan fingerprint density at radius 2 is 2.00 bits per heavy atom. The second-order valence-corrected chi connectivity index (χ2v) is 5.27. The molecule has 21 heavy (non-hydrogen) atoms. The van der Waals surface area contributed by atoms with E-state index in [9.17, 15) is 14.4 Å². The van der Waals surface area contributed by atoms with Crippen LogP contribution in [0.5, 0.6) is 0 Å². The van der Waals surface area contributed by atoms with Crippen molar-refractivity contribution in [2.45, 2.75) is 51.5 Å². The molecule has 2 amide bonds. The third-order valence-electron chi connectivity index (χ3n) is 3.54. The maximum atomic E-state index is 11.9. The average molecular weight is 296 g/mol. The predicted octanol–water partition coefficient (Wildman–Crippen LogP) is 1.05. The number of hydrogen-bond acceptors (Lipinski definition) is 4. The molecule has 0 radical (unpaired) electrons. The lowest BCUT2D eigenvalue weighted by molar-refractivity contribution is -0.137. The monoisotopic (exact) mass is 296 g/mol. The molecule has 0 heterocycles. The second kappa shape index (κ2) is 9.15. The molecular weight excluding hydrogens is 272 g/mol. The van der Waals surface area contributed by atoms with Crippen LogP contribution >= 0.6 is 0 Å². The van der Waals surface area contributed by atoms with E-state index >= 15 is 0 Å². The minimum atomic E-state index is -0.787. The van der Waals surface area contributed by atoms with Crippen LogP contribution in [-0.2, 0) is 19.1 Å². The molecule has 0 aromatic heterocycles. The number of esters is 1. The summed E-state index contributed by atoms with van der Waals surface area (Å²) in [7, 11) is 0. The molecule has 0 unspecified atom stereocenters. The van der Waals surface area contributed by atoms with Crippen molar-refractivity contribution in [1.82, 2.24) is 5.32 Å². The molecule has 0 aliphatic heterocycles. The number of amides is 2. The van der Waals surface area contributed by atoms with Crippen molar-refractivity contribution in [3.05, 3.63) is 12.2 Å². The number of ether oxygens (including phenoxy) is 1. The molecule has 0 aromatic carbocycles. The van der Waals surface area contributed by atoms with Gasteiger partial charge in [-0.2, -0.15) is 0 Å². The average Bonchev–Trinajstić information content (AvgIpc) is 2.90. The van der Waals surface area contributed by atoms with Crippen molar-refractivity contribution < 1.29 is 19.1 Å². The third-order valence-corrected chi connectivity index (χ3v) is 3.54. The lowest BCUT2D eigenvalue weighted by Crippen LogP contribution is -2.44. The molecule has 0 aromatic rings. The van der Waals surface area contributed by atoms with Crippen LogP contribution < -0.4 is 11.1 Å². The number of carbonyl (C=O) groups excluding carboxylic acids is 3. The van der Waals surface area contributed by atoms with E-state index in [2.05, 4.69) is 5.32 Å². The van der Waals surface area contributed by atoms with E-state index < -0.39 is 17.9 Å². The van der Waals surface area contributed by atoms with Crippen molar-refractivity contribution in [3.8, 4) is 0 Å². The Morgan fingerprint density at radius 1 is 1.33 bits per heavy atom. The van der Waals surface area contributed by atoms with Gasteiger partial charge in [0.05, 0.1) is 6.61 Å². The standard InChI is InChI=1S/C15H24N2O4/c1-2-21-14(19)9-5-8-12(15(16)20)17-13(18)10-11-6-3-4-7-11/h5,9,11-12H,2-4,6-8,10H2,1H3,(H2,16,20)(H,17,18)/b9-5+/t12-/m0/s1. The lowest BCUT2D eigenvalue weighted by atomic mass is 10.0. The van der Waals surface area contributed by atoms with Gasteiger partial charge in [0.25, 0.3) is 0 Å². The van der Waals surface area contributed by atoms with Crippen LogP contribution in [0.15, 0.2) is 12.2 Å². The number of nitrogens with one attached hydrogen (secondary N) is 1. The minimum Gasteiger partial charge on any atom is -0.463 e. The molecule has 6 nitrogen and oxygen atoms in total. The summed E-state index contributed by atoms with van der Waals surface area (Å²) in [6.07, 6.45) is 7.82. The van der Waals surface area contributed by atoms with Gasteiger partial charge in [-0.05, 0) is 32.1 Å². The highest BCUT2D eigenvalue weighted by Gasteiger charge is 2.21. The molecular formula is C15H24N2O4. The summed E-state index contributed by atoms with van der Waals surface area (Å²) in [5, 5.41) is 2.63. The van der Waals surface area contributed by atoms with Gasteiger partial charge in [0.2, 0.25) is 11.8 Å². The molecule has 1 saturated carbocycles. The molecule has 1 aliphatic rings.